The fraction of sp³-hybridized carbons (Fsp3) is 0.167. The van der Waals surface area contributed by atoms with Gasteiger partial charge in [0, 0.05) is 4.90 Å². The molecular formula is C18H15F2NO5S. The largest absolute Gasteiger partial charge is 0.465 e. The fourth-order valence-electron chi connectivity index (χ4n) is 2.08. The number of nitrogens with one attached hydrogen (secondary N) is 1. The first-order valence-corrected chi connectivity index (χ1v) is 8.52. The van der Waals surface area contributed by atoms with Gasteiger partial charge in [-0.2, -0.15) is 0 Å². The van der Waals surface area contributed by atoms with Gasteiger partial charge in [0.25, 0.3) is 0 Å². The zero-order chi connectivity index (χ0) is 20.0. The number of carbonyl (C=O) groups excluding carboxylic acids is 3. The van der Waals surface area contributed by atoms with E-state index in [-0.39, 0.29) is 22.6 Å². The van der Waals surface area contributed by atoms with E-state index in [0.29, 0.717) is 4.90 Å². The highest BCUT2D eigenvalue weighted by Gasteiger charge is 2.17. The quantitative estimate of drug-likeness (QED) is 0.597. The highest BCUT2D eigenvalue weighted by atomic mass is 32.2. The maximum absolute atomic E-state index is 13.2. The molecular weight excluding hydrogens is 380 g/mol. The van der Waals surface area contributed by atoms with Gasteiger partial charge in [-0.3, -0.25) is 4.79 Å². The Kier molecular flexibility index (Phi) is 6.89. The third-order valence-electron chi connectivity index (χ3n) is 3.38. The van der Waals surface area contributed by atoms with Crippen LogP contribution in [0.1, 0.15) is 20.7 Å². The van der Waals surface area contributed by atoms with Crippen molar-refractivity contribution < 1.29 is 32.6 Å². The molecule has 0 heterocycles. The number of thioether (sulfide) groups is 1. The first kappa shape index (κ1) is 20.4. The number of benzene rings is 2. The first-order valence-electron chi connectivity index (χ1n) is 7.54. The van der Waals surface area contributed by atoms with Crippen LogP contribution in [0.4, 0.5) is 14.5 Å². The molecule has 0 unspecified atom stereocenters. The highest BCUT2D eigenvalue weighted by Crippen LogP contribution is 2.23. The van der Waals surface area contributed by atoms with Crippen LogP contribution in [0.3, 0.4) is 0 Å². The van der Waals surface area contributed by atoms with Crippen molar-refractivity contribution in [2.75, 3.05) is 25.3 Å². The molecule has 0 radical (unpaired) electrons. The van der Waals surface area contributed by atoms with Crippen LogP contribution in [0.15, 0.2) is 41.3 Å². The Labute approximate surface area is 157 Å². The number of hydrogen-bond donors (Lipinski definition) is 1. The lowest BCUT2D eigenvalue weighted by atomic mass is 10.1. The standard InChI is InChI=1S/C18H15F2NO5S/c1-25-17(23)10-3-5-12(18(24)26-2)15(7-10)21-16(22)9-27-11-4-6-13(19)14(20)8-11/h3-8H,9H2,1-2H3,(H,21,22). The van der Waals surface area contributed by atoms with Gasteiger partial charge in [0.15, 0.2) is 11.6 Å². The van der Waals surface area contributed by atoms with Gasteiger partial charge in [-0.1, -0.05) is 0 Å². The number of halogens is 2. The molecule has 27 heavy (non-hydrogen) atoms. The molecule has 0 aromatic heterocycles. The lowest BCUT2D eigenvalue weighted by Gasteiger charge is -2.11. The van der Waals surface area contributed by atoms with E-state index in [1.807, 2.05) is 0 Å². The third kappa shape index (κ3) is 5.27. The average Bonchev–Trinajstić information content (AvgIpc) is 2.67. The van der Waals surface area contributed by atoms with Gasteiger partial charge in [0.05, 0.1) is 36.8 Å². The maximum Gasteiger partial charge on any atom is 0.339 e. The van der Waals surface area contributed by atoms with Gasteiger partial charge in [-0.25, -0.2) is 18.4 Å². The van der Waals surface area contributed by atoms with Crippen LogP contribution < -0.4 is 5.32 Å². The molecule has 2 aromatic rings. The van der Waals surface area contributed by atoms with E-state index < -0.39 is 29.5 Å². The van der Waals surface area contributed by atoms with Crippen LogP contribution in [0.5, 0.6) is 0 Å². The molecule has 0 saturated heterocycles. The number of anilines is 1. The maximum atomic E-state index is 13.2. The van der Waals surface area contributed by atoms with Crippen molar-refractivity contribution in [2.24, 2.45) is 0 Å². The van der Waals surface area contributed by atoms with Crippen LogP contribution in [0.25, 0.3) is 0 Å². The number of carbonyl (C=O) groups is 3. The van der Waals surface area contributed by atoms with Crippen LogP contribution >= 0.6 is 11.8 Å². The molecule has 0 aliphatic carbocycles. The van der Waals surface area contributed by atoms with E-state index in [2.05, 4.69) is 14.8 Å². The Morgan fingerprint density at radius 3 is 2.30 bits per heavy atom. The SMILES string of the molecule is COC(=O)c1ccc(C(=O)OC)c(NC(=O)CSc2ccc(F)c(F)c2)c1. The molecule has 1 N–H and O–H groups in total. The van der Waals surface area contributed by atoms with Gasteiger partial charge in [-0.05, 0) is 36.4 Å². The molecule has 0 aliphatic rings. The second-order valence-corrected chi connectivity index (χ2v) is 6.21. The van der Waals surface area contributed by atoms with Crippen molar-refractivity contribution >= 4 is 35.3 Å². The normalized spacial score (nSPS) is 10.2. The Bertz CT molecular complexity index is 888. The van der Waals surface area contributed by atoms with E-state index in [9.17, 15) is 23.2 Å². The predicted molar refractivity (Wildman–Crippen MR) is 94.8 cm³/mol. The molecule has 0 saturated carbocycles. The van der Waals surface area contributed by atoms with E-state index >= 15 is 0 Å². The number of ether oxygens (including phenoxy) is 2. The van der Waals surface area contributed by atoms with Crippen molar-refractivity contribution in [3.8, 4) is 0 Å². The lowest BCUT2D eigenvalue weighted by molar-refractivity contribution is -0.113. The number of methoxy groups -OCH3 is 2. The molecule has 142 valence electrons. The van der Waals surface area contributed by atoms with Gasteiger partial charge < -0.3 is 14.8 Å². The van der Waals surface area contributed by atoms with Gasteiger partial charge >= 0.3 is 11.9 Å². The molecule has 6 nitrogen and oxygen atoms in total. The van der Waals surface area contributed by atoms with E-state index in [1.54, 1.807) is 0 Å². The van der Waals surface area contributed by atoms with Gasteiger partial charge in [0.1, 0.15) is 0 Å². The third-order valence-corrected chi connectivity index (χ3v) is 4.37. The molecule has 2 aromatic carbocycles. The van der Waals surface area contributed by atoms with Crippen LogP contribution in [-0.4, -0.2) is 37.8 Å². The number of amides is 1. The average molecular weight is 395 g/mol. The molecule has 9 heteroatoms. The molecule has 0 atom stereocenters. The Hall–Kier alpha value is -2.94. The van der Waals surface area contributed by atoms with Crippen molar-refractivity contribution in [1.82, 2.24) is 0 Å². The fourth-order valence-corrected chi connectivity index (χ4v) is 2.80. The minimum atomic E-state index is -1.01. The molecule has 1 amide bonds. The smallest absolute Gasteiger partial charge is 0.339 e. The summed E-state index contributed by atoms with van der Waals surface area (Å²) >= 11 is 0.979. The number of rotatable bonds is 6. The summed E-state index contributed by atoms with van der Waals surface area (Å²) in [6.07, 6.45) is 0. The molecule has 2 rings (SSSR count). The minimum Gasteiger partial charge on any atom is -0.465 e. The Balaban J connectivity index is 2.15. The van der Waals surface area contributed by atoms with Crippen molar-refractivity contribution in [1.29, 1.82) is 0 Å². The lowest BCUT2D eigenvalue weighted by Crippen LogP contribution is -2.18. The second kappa shape index (κ2) is 9.13. The van der Waals surface area contributed by atoms with Crippen LogP contribution in [0.2, 0.25) is 0 Å². The topological polar surface area (TPSA) is 81.7 Å². The summed E-state index contributed by atoms with van der Waals surface area (Å²) in [5, 5.41) is 2.51. The molecule has 0 fully saturated rings. The second-order valence-electron chi connectivity index (χ2n) is 5.16. The summed E-state index contributed by atoms with van der Waals surface area (Å²) in [5.74, 6) is -3.98. The summed E-state index contributed by atoms with van der Waals surface area (Å²) < 4.78 is 35.4. The zero-order valence-electron chi connectivity index (χ0n) is 14.4. The summed E-state index contributed by atoms with van der Waals surface area (Å²) in [6, 6.07) is 7.27. The van der Waals surface area contributed by atoms with Gasteiger partial charge in [-0.15, -0.1) is 11.8 Å². The predicted octanol–water partition coefficient (Wildman–Crippen LogP) is 3.27. The van der Waals surface area contributed by atoms with E-state index in [4.69, 9.17) is 0 Å². The monoisotopic (exact) mass is 395 g/mol. The molecule has 0 aliphatic heterocycles. The van der Waals surface area contributed by atoms with Crippen molar-refractivity contribution in [3.05, 3.63) is 59.2 Å². The van der Waals surface area contributed by atoms with Crippen molar-refractivity contribution in [2.45, 2.75) is 4.90 Å². The van der Waals surface area contributed by atoms with Crippen molar-refractivity contribution in [3.63, 3.8) is 0 Å². The minimum absolute atomic E-state index is 0.0522. The Morgan fingerprint density at radius 1 is 0.963 bits per heavy atom. The van der Waals surface area contributed by atoms with Gasteiger partial charge in [0.2, 0.25) is 5.91 Å². The number of esters is 2. The summed E-state index contributed by atoms with van der Waals surface area (Å²) in [7, 11) is 2.38. The highest BCUT2D eigenvalue weighted by molar-refractivity contribution is 8.00. The summed E-state index contributed by atoms with van der Waals surface area (Å²) in [4.78, 5) is 36.0. The zero-order valence-corrected chi connectivity index (χ0v) is 15.2. The summed E-state index contributed by atoms with van der Waals surface area (Å²) in [5.41, 5.74) is 0.255. The summed E-state index contributed by atoms with van der Waals surface area (Å²) in [6.45, 7) is 0. The van der Waals surface area contributed by atoms with Crippen LogP contribution in [0, 0.1) is 11.6 Å². The number of hydrogen-bond acceptors (Lipinski definition) is 6. The first-order chi connectivity index (χ1) is 12.8. The molecule has 0 spiro atoms. The van der Waals surface area contributed by atoms with Crippen LogP contribution in [-0.2, 0) is 14.3 Å². The van der Waals surface area contributed by atoms with E-state index in [1.165, 1.54) is 38.5 Å². The van der Waals surface area contributed by atoms with E-state index in [0.717, 1.165) is 23.9 Å². The Morgan fingerprint density at radius 2 is 1.67 bits per heavy atom. The molecule has 0 bridgehead atoms.